The van der Waals surface area contributed by atoms with Crippen molar-refractivity contribution in [3.8, 4) is 0 Å². The van der Waals surface area contributed by atoms with E-state index in [-0.39, 0.29) is 22.6 Å². The van der Waals surface area contributed by atoms with E-state index in [1.54, 1.807) is 0 Å². The lowest BCUT2D eigenvalue weighted by Crippen LogP contribution is -2.22. The van der Waals surface area contributed by atoms with E-state index in [0.717, 1.165) is 28.9 Å². The van der Waals surface area contributed by atoms with Crippen molar-refractivity contribution in [3.05, 3.63) is 58.1 Å². The maximum atomic E-state index is 12.2. The molecule has 2 aliphatic heterocycles. The van der Waals surface area contributed by atoms with Crippen LogP contribution in [0.3, 0.4) is 0 Å². The lowest BCUT2D eigenvalue weighted by atomic mass is 9.76. The highest BCUT2D eigenvalue weighted by molar-refractivity contribution is 6.01. The number of carbonyl (C=O) groups excluding carboxylic acids is 2. The second-order valence-electron chi connectivity index (χ2n) is 9.76. The molecular formula is C24H28N2O2. The standard InChI is InChI=1S/C24H28N2O2/c1-23(2,3)18-9-7-15(17-12-21(28)26-22(17)18)13-24(4,5)16-8-6-14-10-20(27)25-19(14)11-16/h6-9,11H,10,12-13H2,1-5H3,(H,25,27)(H,26,28). The monoisotopic (exact) mass is 376 g/mol. The van der Waals surface area contributed by atoms with Crippen molar-refractivity contribution in [1.29, 1.82) is 0 Å². The molecule has 0 atom stereocenters. The molecule has 0 aliphatic carbocycles. The number of rotatable bonds is 3. The summed E-state index contributed by atoms with van der Waals surface area (Å²) in [6.45, 7) is 11.0. The lowest BCUT2D eigenvalue weighted by Gasteiger charge is -2.29. The zero-order valence-electron chi connectivity index (χ0n) is 17.3. The Kier molecular flexibility index (Phi) is 4.14. The van der Waals surface area contributed by atoms with Crippen LogP contribution in [0.1, 0.15) is 62.4 Å². The molecular weight excluding hydrogens is 348 g/mol. The second-order valence-corrected chi connectivity index (χ2v) is 9.76. The van der Waals surface area contributed by atoms with E-state index in [1.807, 2.05) is 0 Å². The molecule has 4 heteroatoms. The summed E-state index contributed by atoms with van der Waals surface area (Å²) in [5, 5.41) is 6.04. The number of nitrogens with one attached hydrogen (secondary N) is 2. The van der Waals surface area contributed by atoms with E-state index in [1.165, 1.54) is 16.7 Å². The van der Waals surface area contributed by atoms with Gasteiger partial charge < -0.3 is 10.6 Å². The molecule has 0 saturated carbocycles. The molecule has 2 heterocycles. The largest absolute Gasteiger partial charge is 0.326 e. The average Bonchev–Trinajstić information content (AvgIpc) is 3.14. The van der Waals surface area contributed by atoms with Crippen LogP contribution in [0.25, 0.3) is 0 Å². The Bertz CT molecular complexity index is 996. The summed E-state index contributed by atoms with van der Waals surface area (Å²) in [5.41, 5.74) is 7.60. The predicted octanol–water partition coefficient (Wildman–Crippen LogP) is 4.49. The van der Waals surface area contributed by atoms with Crippen molar-refractivity contribution in [2.45, 2.75) is 64.7 Å². The van der Waals surface area contributed by atoms with Gasteiger partial charge in [-0.25, -0.2) is 0 Å². The number of fused-ring (bicyclic) bond motifs is 2. The molecule has 0 aromatic heterocycles. The van der Waals surface area contributed by atoms with Gasteiger partial charge in [-0.3, -0.25) is 9.59 Å². The smallest absolute Gasteiger partial charge is 0.228 e. The third-order valence-electron chi connectivity index (χ3n) is 5.97. The van der Waals surface area contributed by atoms with Gasteiger partial charge in [-0.2, -0.15) is 0 Å². The first-order valence-electron chi connectivity index (χ1n) is 9.93. The van der Waals surface area contributed by atoms with Gasteiger partial charge in [0.25, 0.3) is 0 Å². The minimum Gasteiger partial charge on any atom is -0.326 e. The number of carbonyl (C=O) groups is 2. The van der Waals surface area contributed by atoms with Crippen LogP contribution >= 0.6 is 0 Å². The molecule has 28 heavy (non-hydrogen) atoms. The molecule has 2 aromatic rings. The lowest BCUT2D eigenvalue weighted by molar-refractivity contribution is -0.115. The van der Waals surface area contributed by atoms with Crippen LogP contribution in [-0.2, 0) is 39.7 Å². The summed E-state index contributed by atoms with van der Waals surface area (Å²) in [5.74, 6) is 0.135. The van der Waals surface area contributed by atoms with E-state index < -0.39 is 0 Å². The summed E-state index contributed by atoms with van der Waals surface area (Å²) in [4.78, 5) is 23.8. The fourth-order valence-electron chi connectivity index (χ4n) is 4.38. The number of hydrogen-bond acceptors (Lipinski definition) is 2. The molecule has 0 saturated heterocycles. The van der Waals surface area contributed by atoms with Gasteiger partial charge in [0.2, 0.25) is 11.8 Å². The number of amides is 2. The normalized spacial score (nSPS) is 15.9. The maximum absolute atomic E-state index is 12.2. The minimum absolute atomic E-state index is 0.0199. The summed E-state index contributed by atoms with van der Waals surface area (Å²) in [6.07, 6.45) is 1.75. The molecule has 2 N–H and O–H groups in total. The van der Waals surface area contributed by atoms with Gasteiger partial charge in [0.1, 0.15) is 0 Å². The summed E-state index contributed by atoms with van der Waals surface area (Å²) in [7, 11) is 0. The van der Waals surface area contributed by atoms with Gasteiger partial charge in [-0.15, -0.1) is 0 Å². The zero-order chi connectivity index (χ0) is 20.3. The topological polar surface area (TPSA) is 58.2 Å². The highest BCUT2D eigenvalue weighted by atomic mass is 16.2. The second kappa shape index (κ2) is 6.20. The molecule has 4 rings (SSSR count). The first-order chi connectivity index (χ1) is 13.0. The van der Waals surface area contributed by atoms with Gasteiger partial charge in [-0.05, 0) is 51.1 Å². The summed E-state index contributed by atoms with van der Waals surface area (Å²) < 4.78 is 0. The Balaban J connectivity index is 1.70. The van der Waals surface area contributed by atoms with Crippen molar-refractivity contribution in [1.82, 2.24) is 0 Å². The van der Waals surface area contributed by atoms with E-state index >= 15 is 0 Å². The highest BCUT2D eigenvalue weighted by Gasteiger charge is 2.31. The third kappa shape index (κ3) is 3.21. The van der Waals surface area contributed by atoms with Crippen LogP contribution in [0, 0.1) is 0 Å². The van der Waals surface area contributed by atoms with Gasteiger partial charge in [0, 0.05) is 11.4 Å². The van der Waals surface area contributed by atoms with Crippen LogP contribution < -0.4 is 10.6 Å². The molecule has 0 fully saturated rings. The van der Waals surface area contributed by atoms with Crippen LogP contribution in [0.15, 0.2) is 30.3 Å². The fourth-order valence-corrected chi connectivity index (χ4v) is 4.38. The van der Waals surface area contributed by atoms with Crippen LogP contribution in [0.2, 0.25) is 0 Å². The van der Waals surface area contributed by atoms with E-state index in [9.17, 15) is 9.59 Å². The first kappa shape index (κ1) is 18.7. The minimum atomic E-state index is -0.120. The Morgan fingerprint density at radius 3 is 2.32 bits per heavy atom. The third-order valence-corrected chi connectivity index (χ3v) is 5.97. The Morgan fingerprint density at radius 1 is 0.893 bits per heavy atom. The number of benzene rings is 2. The van der Waals surface area contributed by atoms with Crippen molar-refractivity contribution in [2.24, 2.45) is 0 Å². The van der Waals surface area contributed by atoms with Gasteiger partial charge >= 0.3 is 0 Å². The van der Waals surface area contributed by atoms with E-state index in [4.69, 9.17) is 0 Å². The zero-order valence-corrected chi connectivity index (χ0v) is 17.3. The Hall–Kier alpha value is -2.62. The molecule has 0 bridgehead atoms. The van der Waals surface area contributed by atoms with Gasteiger partial charge in [-0.1, -0.05) is 58.9 Å². The quantitative estimate of drug-likeness (QED) is 0.829. The molecule has 2 amide bonds. The summed E-state index contributed by atoms with van der Waals surface area (Å²) >= 11 is 0. The Morgan fingerprint density at radius 2 is 1.61 bits per heavy atom. The van der Waals surface area contributed by atoms with Crippen LogP contribution in [0.4, 0.5) is 11.4 Å². The molecule has 4 nitrogen and oxygen atoms in total. The molecule has 146 valence electrons. The average molecular weight is 377 g/mol. The van der Waals surface area contributed by atoms with E-state index in [2.05, 4.69) is 75.6 Å². The predicted molar refractivity (Wildman–Crippen MR) is 113 cm³/mol. The van der Waals surface area contributed by atoms with Gasteiger partial charge in [0.05, 0.1) is 12.8 Å². The van der Waals surface area contributed by atoms with Crippen LogP contribution in [-0.4, -0.2) is 11.8 Å². The SMILES string of the molecule is CC(C)(C)c1ccc(CC(C)(C)c2ccc3c(c2)NC(=O)C3)c2c1NC(=O)C2. The van der Waals surface area contributed by atoms with E-state index in [0.29, 0.717) is 12.8 Å². The maximum Gasteiger partial charge on any atom is 0.228 e. The van der Waals surface area contributed by atoms with Crippen LogP contribution in [0.5, 0.6) is 0 Å². The fraction of sp³-hybridized carbons (Fsp3) is 0.417. The molecule has 2 aromatic carbocycles. The highest BCUT2D eigenvalue weighted by Crippen LogP contribution is 2.40. The molecule has 2 aliphatic rings. The Labute approximate surface area is 166 Å². The van der Waals surface area contributed by atoms with Gasteiger partial charge in [0.15, 0.2) is 0 Å². The van der Waals surface area contributed by atoms with Crippen molar-refractivity contribution in [2.75, 3.05) is 10.6 Å². The van der Waals surface area contributed by atoms with Crippen molar-refractivity contribution < 1.29 is 9.59 Å². The number of hydrogen-bond donors (Lipinski definition) is 2. The molecule has 0 spiro atoms. The van der Waals surface area contributed by atoms with Crippen molar-refractivity contribution >= 4 is 23.2 Å². The summed E-state index contributed by atoms with van der Waals surface area (Å²) in [6, 6.07) is 10.7. The first-order valence-corrected chi connectivity index (χ1v) is 9.93. The molecule has 0 radical (unpaired) electrons. The number of anilines is 2. The van der Waals surface area contributed by atoms with Crippen molar-refractivity contribution in [3.63, 3.8) is 0 Å². The molecule has 0 unspecified atom stereocenters.